The van der Waals surface area contributed by atoms with Crippen molar-refractivity contribution in [3.63, 3.8) is 0 Å². The number of nitrogens with zero attached hydrogens (tertiary/aromatic N) is 1. The van der Waals surface area contributed by atoms with Crippen molar-refractivity contribution in [1.82, 2.24) is 4.98 Å². The molecule has 0 atom stereocenters. The Hall–Kier alpha value is -4.04. The summed E-state index contributed by atoms with van der Waals surface area (Å²) in [5.74, 6) is 1.64. The highest BCUT2D eigenvalue weighted by Crippen LogP contribution is 2.41. The lowest BCUT2D eigenvalue weighted by atomic mass is 10.1. The van der Waals surface area contributed by atoms with E-state index >= 15 is 0 Å². The van der Waals surface area contributed by atoms with Crippen LogP contribution in [0.2, 0.25) is 0 Å². The highest BCUT2D eigenvalue weighted by Gasteiger charge is 2.20. The molecular weight excluding hydrogens is 452 g/mol. The number of hydrogen-bond acceptors (Lipinski definition) is 7. The highest BCUT2D eigenvalue weighted by molar-refractivity contribution is 7.19. The molecule has 0 aliphatic heterocycles. The summed E-state index contributed by atoms with van der Waals surface area (Å²) in [5.41, 5.74) is 3.07. The molecule has 1 heterocycles. The van der Waals surface area contributed by atoms with Gasteiger partial charge >= 0.3 is 0 Å². The standard InChI is InChI=1S/C26H24N2O5S/c1-30-19-12-10-16(11-13-19)22-24(17-8-6-5-7-9-17)34-26(27-22)28-25(29)18-14-20(31-2)23(33-4)21(15-18)32-3/h5-15H,1-4H3,(H,27,28,29). The van der Waals surface area contributed by atoms with Crippen molar-refractivity contribution < 1.29 is 23.7 Å². The first-order valence-electron chi connectivity index (χ1n) is 10.4. The number of methoxy groups -OCH3 is 4. The summed E-state index contributed by atoms with van der Waals surface area (Å²) in [5, 5.41) is 3.39. The third-order valence-electron chi connectivity index (χ3n) is 5.17. The molecule has 8 heteroatoms. The van der Waals surface area contributed by atoms with Gasteiger partial charge in [0.25, 0.3) is 5.91 Å². The largest absolute Gasteiger partial charge is 0.497 e. The Labute approximate surface area is 201 Å². The molecule has 0 saturated carbocycles. The van der Waals surface area contributed by atoms with Crippen LogP contribution in [0.4, 0.5) is 5.13 Å². The molecular formula is C26H24N2O5S. The predicted octanol–water partition coefficient (Wildman–Crippen LogP) is 5.76. The van der Waals surface area contributed by atoms with Crippen molar-refractivity contribution in [2.75, 3.05) is 33.8 Å². The summed E-state index contributed by atoms with van der Waals surface area (Å²) < 4.78 is 21.4. The molecule has 1 N–H and O–H groups in total. The van der Waals surface area contributed by atoms with E-state index in [-0.39, 0.29) is 5.91 Å². The van der Waals surface area contributed by atoms with Crippen LogP contribution < -0.4 is 24.3 Å². The Kier molecular flexibility index (Phi) is 6.98. The van der Waals surface area contributed by atoms with E-state index in [0.29, 0.717) is 27.9 Å². The maximum Gasteiger partial charge on any atom is 0.257 e. The first-order chi connectivity index (χ1) is 16.6. The molecule has 0 radical (unpaired) electrons. The molecule has 7 nitrogen and oxygen atoms in total. The van der Waals surface area contributed by atoms with Gasteiger partial charge in [-0.1, -0.05) is 41.7 Å². The van der Waals surface area contributed by atoms with Crippen molar-refractivity contribution >= 4 is 22.4 Å². The highest BCUT2D eigenvalue weighted by atomic mass is 32.1. The number of carbonyl (C=O) groups excluding carboxylic acids is 1. The molecule has 0 unspecified atom stereocenters. The molecule has 0 bridgehead atoms. The van der Waals surface area contributed by atoms with E-state index < -0.39 is 0 Å². The molecule has 1 aromatic heterocycles. The Balaban J connectivity index is 1.71. The van der Waals surface area contributed by atoms with Gasteiger partial charge in [0, 0.05) is 11.1 Å². The lowest BCUT2D eigenvalue weighted by Crippen LogP contribution is -2.12. The Morgan fingerprint density at radius 1 is 0.794 bits per heavy atom. The van der Waals surface area contributed by atoms with Crippen LogP contribution in [0.5, 0.6) is 23.0 Å². The van der Waals surface area contributed by atoms with Gasteiger partial charge in [0.2, 0.25) is 5.75 Å². The molecule has 174 valence electrons. The van der Waals surface area contributed by atoms with E-state index in [1.807, 2.05) is 54.6 Å². The predicted molar refractivity (Wildman–Crippen MR) is 134 cm³/mol. The van der Waals surface area contributed by atoms with Gasteiger partial charge < -0.3 is 18.9 Å². The van der Waals surface area contributed by atoms with E-state index in [9.17, 15) is 4.79 Å². The summed E-state index contributed by atoms with van der Waals surface area (Å²) in [7, 11) is 6.16. The number of hydrogen-bond donors (Lipinski definition) is 1. The van der Waals surface area contributed by atoms with Gasteiger partial charge in [-0.25, -0.2) is 4.98 Å². The van der Waals surface area contributed by atoms with Crippen LogP contribution in [0.25, 0.3) is 21.7 Å². The van der Waals surface area contributed by atoms with Crippen molar-refractivity contribution in [3.05, 3.63) is 72.3 Å². The number of aromatic nitrogens is 1. The number of anilines is 1. The number of benzene rings is 3. The van der Waals surface area contributed by atoms with E-state index in [2.05, 4.69) is 5.32 Å². The first kappa shape index (κ1) is 23.1. The second-order valence-corrected chi connectivity index (χ2v) is 8.16. The van der Waals surface area contributed by atoms with Gasteiger partial charge in [-0.15, -0.1) is 0 Å². The molecule has 34 heavy (non-hydrogen) atoms. The van der Waals surface area contributed by atoms with Crippen molar-refractivity contribution in [2.24, 2.45) is 0 Å². The molecule has 0 aliphatic rings. The van der Waals surface area contributed by atoms with E-state index in [4.69, 9.17) is 23.9 Å². The molecule has 0 spiro atoms. The fourth-order valence-corrected chi connectivity index (χ4v) is 4.47. The summed E-state index contributed by atoms with van der Waals surface area (Å²) >= 11 is 1.41. The SMILES string of the molecule is COc1ccc(-c2nc(NC(=O)c3cc(OC)c(OC)c(OC)c3)sc2-c2ccccc2)cc1. The van der Waals surface area contributed by atoms with Crippen LogP contribution in [-0.4, -0.2) is 39.3 Å². The van der Waals surface area contributed by atoms with Crippen molar-refractivity contribution in [1.29, 1.82) is 0 Å². The minimum atomic E-state index is -0.339. The van der Waals surface area contributed by atoms with E-state index in [1.165, 1.54) is 32.7 Å². The molecule has 3 aromatic carbocycles. The maximum atomic E-state index is 13.1. The summed E-state index contributed by atoms with van der Waals surface area (Å²) in [6.07, 6.45) is 0. The van der Waals surface area contributed by atoms with Gasteiger partial charge in [0.05, 0.1) is 39.0 Å². The van der Waals surface area contributed by atoms with Gasteiger partial charge in [0.1, 0.15) is 5.75 Å². The number of rotatable bonds is 8. The lowest BCUT2D eigenvalue weighted by Gasteiger charge is -2.13. The van der Waals surface area contributed by atoms with E-state index in [1.54, 1.807) is 19.2 Å². The van der Waals surface area contributed by atoms with Gasteiger partial charge in [-0.05, 0) is 42.0 Å². The second kappa shape index (κ2) is 10.3. The fraction of sp³-hybridized carbons (Fsp3) is 0.154. The normalized spacial score (nSPS) is 10.5. The monoisotopic (exact) mass is 476 g/mol. The first-order valence-corrected chi connectivity index (χ1v) is 11.2. The zero-order chi connectivity index (χ0) is 24.1. The van der Waals surface area contributed by atoms with E-state index in [0.717, 1.165) is 27.4 Å². The summed E-state index contributed by atoms with van der Waals surface area (Å²) in [4.78, 5) is 18.8. The average Bonchev–Trinajstić information content (AvgIpc) is 3.31. The molecule has 0 saturated heterocycles. The Morgan fingerprint density at radius 3 is 2.00 bits per heavy atom. The Bertz CT molecular complexity index is 1260. The lowest BCUT2D eigenvalue weighted by molar-refractivity contribution is 0.102. The quantitative estimate of drug-likeness (QED) is 0.348. The molecule has 0 fully saturated rings. The number of thiazole rings is 1. The Morgan fingerprint density at radius 2 is 1.44 bits per heavy atom. The van der Waals surface area contributed by atoms with Crippen LogP contribution >= 0.6 is 11.3 Å². The smallest absolute Gasteiger partial charge is 0.257 e. The second-order valence-electron chi connectivity index (χ2n) is 7.16. The minimum Gasteiger partial charge on any atom is -0.497 e. The van der Waals surface area contributed by atoms with Gasteiger partial charge in [-0.3, -0.25) is 10.1 Å². The molecule has 1 amide bonds. The number of carbonyl (C=O) groups is 1. The number of ether oxygens (including phenoxy) is 4. The minimum absolute atomic E-state index is 0.339. The van der Waals surface area contributed by atoms with Gasteiger partial charge in [-0.2, -0.15) is 0 Å². The zero-order valence-corrected chi connectivity index (χ0v) is 20.1. The maximum absolute atomic E-state index is 13.1. The number of nitrogens with one attached hydrogen (secondary N) is 1. The average molecular weight is 477 g/mol. The van der Waals surface area contributed by atoms with Crippen LogP contribution in [0, 0.1) is 0 Å². The van der Waals surface area contributed by atoms with Crippen LogP contribution in [0.1, 0.15) is 10.4 Å². The molecule has 0 aliphatic carbocycles. The van der Waals surface area contributed by atoms with Crippen molar-refractivity contribution in [2.45, 2.75) is 0 Å². The van der Waals surface area contributed by atoms with Gasteiger partial charge in [0.15, 0.2) is 16.6 Å². The van der Waals surface area contributed by atoms with Crippen LogP contribution in [-0.2, 0) is 0 Å². The zero-order valence-electron chi connectivity index (χ0n) is 19.2. The third-order valence-corrected chi connectivity index (χ3v) is 6.19. The summed E-state index contributed by atoms with van der Waals surface area (Å²) in [6.45, 7) is 0. The van der Waals surface area contributed by atoms with Crippen molar-refractivity contribution in [3.8, 4) is 44.7 Å². The molecule has 4 aromatic rings. The topological polar surface area (TPSA) is 78.9 Å². The third kappa shape index (κ3) is 4.67. The fourth-order valence-electron chi connectivity index (χ4n) is 3.48. The number of amides is 1. The summed E-state index contributed by atoms with van der Waals surface area (Å²) in [6, 6.07) is 20.8. The van der Waals surface area contributed by atoms with Crippen LogP contribution in [0.3, 0.4) is 0 Å². The molecule has 4 rings (SSSR count). The van der Waals surface area contributed by atoms with Crippen LogP contribution in [0.15, 0.2) is 66.7 Å².